The second kappa shape index (κ2) is 9.82. The molecule has 0 heterocycles. The maximum atomic E-state index is 13.9. The lowest BCUT2D eigenvalue weighted by Gasteiger charge is -2.19. The highest BCUT2D eigenvalue weighted by Crippen LogP contribution is 2.25. The first-order valence-electron chi connectivity index (χ1n) is 7.98. The normalized spacial score (nSPS) is 12.6. The van der Waals surface area contributed by atoms with E-state index in [1.54, 1.807) is 0 Å². The van der Waals surface area contributed by atoms with Gasteiger partial charge in [-0.2, -0.15) is 0 Å². The van der Waals surface area contributed by atoms with Crippen LogP contribution in [0.15, 0.2) is 12.1 Å². The van der Waals surface area contributed by atoms with Crippen molar-refractivity contribution in [3.8, 4) is 0 Å². The molecule has 0 aliphatic heterocycles. The molecule has 0 fully saturated rings. The monoisotopic (exact) mass is 301 g/mol. The van der Waals surface area contributed by atoms with Crippen LogP contribution in [0.1, 0.15) is 70.4 Å². The van der Waals surface area contributed by atoms with E-state index in [1.807, 2.05) is 6.92 Å². The fraction of sp³-hybridized carbons (Fsp3) is 0.647. The maximum absolute atomic E-state index is 13.9. The second-order valence-electron chi connectivity index (χ2n) is 5.43. The maximum Gasteiger partial charge on any atom is 0.194 e. The van der Waals surface area contributed by atoms with E-state index in [0.29, 0.717) is 6.54 Å². The molecule has 0 aliphatic rings. The third-order valence-electron chi connectivity index (χ3n) is 3.74. The third-order valence-corrected chi connectivity index (χ3v) is 3.74. The number of hydrogen-bond donors (Lipinski definition) is 1. The van der Waals surface area contributed by atoms with E-state index in [2.05, 4.69) is 12.2 Å². The summed E-state index contributed by atoms with van der Waals surface area (Å²) in [5.74, 6) is -3.57. The molecule has 0 bridgehead atoms. The molecule has 4 heteroatoms. The lowest BCUT2D eigenvalue weighted by molar-refractivity contribution is 0.413. The van der Waals surface area contributed by atoms with Crippen molar-refractivity contribution in [3.63, 3.8) is 0 Å². The quantitative estimate of drug-likeness (QED) is 0.444. The highest BCUT2D eigenvalue weighted by atomic mass is 19.2. The zero-order valence-corrected chi connectivity index (χ0v) is 13.0. The predicted octanol–water partition coefficient (Wildman–Crippen LogP) is 5.51. The van der Waals surface area contributed by atoms with Crippen LogP contribution in [0.3, 0.4) is 0 Å². The molecule has 1 rings (SSSR count). The Hall–Kier alpha value is -1.03. The van der Waals surface area contributed by atoms with Crippen LogP contribution in [0.4, 0.5) is 13.2 Å². The van der Waals surface area contributed by atoms with Crippen LogP contribution >= 0.6 is 0 Å². The molecule has 0 amide bonds. The topological polar surface area (TPSA) is 12.0 Å². The Kier molecular flexibility index (Phi) is 8.43. The van der Waals surface area contributed by atoms with E-state index in [4.69, 9.17) is 0 Å². The number of hydrogen-bond acceptors (Lipinski definition) is 1. The second-order valence-corrected chi connectivity index (χ2v) is 5.43. The molecule has 0 saturated carbocycles. The third kappa shape index (κ3) is 5.70. The Morgan fingerprint density at radius 1 is 0.905 bits per heavy atom. The van der Waals surface area contributed by atoms with Crippen LogP contribution in [-0.2, 0) is 0 Å². The first-order chi connectivity index (χ1) is 10.1. The van der Waals surface area contributed by atoms with E-state index in [9.17, 15) is 13.2 Å². The minimum atomic E-state index is -1.38. The van der Waals surface area contributed by atoms with Gasteiger partial charge < -0.3 is 5.32 Å². The van der Waals surface area contributed by atoms with Crippen molar-refractivity contribution in [3.05, 3.63) is 35.1 Å². The van der Waals surface area contributed by atoms with Gasteiger partial charge in [-0.05, 0) is 19.0 Å². The predicted molar refractivity (Wildman–Crippen MR) is 80.7 cm³/mol. The first kappa shape index (κ1) is 18.0. The lowest BCUT2D eigenvalue weighted by Crippen LogP contribution is -2.22. The van der Waals surface area contributed by atoms with Crippen molar-refractivity contribution in [1.82, 2.24) is 5.32 Å². The fourth-order valence-corrected chi connectivity index (χ4v) is 2.55. The highest BCUT2D eigenvalue weighted by molar-refractivity contribution is 5.23. The van der Waals surface area contributed by atoms with Crippen molar-refractivity contribution in [2.45, 2.75) is 64.8 Å². The van der Waals surface area contributed by atoms with Crippen LogP contribution in [0.5, 0.6) is 0 Å². The van der Waals surface area contributed by atoms with Crippen molar-refractivity contribution in [2.24, 2.45) is 0 Å². The molecule has 120 valence electrons. The van der Waals surface area contributed by atoms with Crippen LogP contribution in [-0.4, -0.2) is 6.54 Å². The largest absolute Gasteiger partial charge is 0.310 e. The number of benzene rings is 1. The van der Waals surface area contributed by atoms with E-state index in [1.165, 1.54) is 31.7 Å². The van der Waals surface area contributed by atoms with Crippen molar-refractivity contribution < 1.29 is 13.2 Å². The van der Waals surface area contributed by atoms with Gasteiger partial charge in [0.2, 0.25) is 0 Å². The van der Waals surface area contributed by atoms with Gasteiger partial charge in [0.1, 0.15) is 0 Å². The van der Waals surface area contributed by atoms with Crippen molar-refractivity contribution >= 4 is 0 Å². The van der Waals surface area contributed by atoms with E-state index in [-0.39, 0.29) is 11.6 Å². The summed E-state index contributed by atoms with van der Waals surface area (Å²) in [6, 6.07) is 2.09. The summed E-state index contributed by atoms with van der Waals surface area (Å²) in [6.07, 6.45) is 7.64. The zero-order valence-electron chi connectivity index (χ0n) is 13.0. The molecule has 0 radical (unpaired) electrons. The number of nitrogens with one attached hydrogen (secondary N) is 1. The summed E-state index contributed by atoms with van der Waals surface area (Å²) >= 11 is 0. The molecule has 1 aromatic rings. The minimum absolute atomic E-state index is 0.226. The molecule has 0 aliphatic carbocycles. The molecule has 21 heavy (non-hydrogen) atoms. The molecule has 0 aromatic heterocycles. The molecular formula is C17H26F3N. The summed E-state index contributed by atoms with van der Waals surface area (Å²) in [4.78, 5) is 0. The van der Waals surface area contributed by atoms with E-state index >= 15 is 0 Å². The van der Waals surface area contributed by atoms with Gasteiger partial charge in [0.25, 0.3) is 0 Å². The standard InChI is InChI=1S/C17H26F3N/c1-3-5-6-7-8-9-10-15(21-4-2)13-11-12-14(18)17(20)16(13)19/h11-12,15,21H,3-10H2,1-2H3. The average Bonchev–Trinajstić information content (AvgIpc) is 2.48. The Morgan fingerprint density at radius 3 is 2.24 bits per heavy atom. The average molecular weight is 301 g/mol. The van der Waals surface area contributed by atoms with Gasteiger partial charge in [0.05, 0.1) is 0 Å². The molecule has 1 unspecified atom stereocenters. The van der Waals surface area contributed by atoms with Gasteiger partial charge >= 0.3 is 0 Å². The molecule has 1 aromatic carbocycles. The van der Waals surface area contributed by atoms with Crippen LogP contribution in [0.25, 0.3) is 0 Å². The van der Waals surface area contributed by atoms with E-state index in [0.717, 1.165) is 25.3 Å². The van der Waals surface area contributed by atoms with Gasteiger partial charge in [0.15, 0.2) is 17.5 Å². The van der Waals surface area contributed by atoms with E-state index < -0.39 is 17.5 Å². The van der Waals surface area contributed by atoms with Gasteiger partial charge in [-0.1, -0.05) is 58.4 Å². The van der Waals surface area contributed by atoms with Gasteiger partial charge in [-0.3, -0.25) is 0 Å². The summed E-state index contributed by atoms with van der Waals surface area (Å²) < 4.78 is 40.2. The fourth-order valence-electron chi connectivity index (χ4n) is 2.55. The van der Waals surface area contributed by atoms with Crippen molar-refractivity contribution in [2.75, 3.05) is 6.54 Å². The highest BCUT2D eigenvalue weighted by Gasteiger charge is 2.19. The molecule has 1 nitrogen and oxygen atoms in total. The van der Waals surface area contributed by atoms with Gasteiger partial charge in [-0.25, -0.2) is 13.2 Å². The van der Waals surface area contributed by atoms with Gasteiger partial charge in [-0.15, -0.1) is 0 Å². The summed E-state index contributed by atoms with van der Waals surface area (Å²) in [7, 11) is 0. The summed E-state index contributed by atoms with van der Waals surface area (Å²) in [6.45, 7) is 4.76. The SMILES string of the molecule is CCCCCCCCC(NCC)c1ccc(F)c(F)c1F. The zero-order chi connectivity index (χ0) is 15.7. The Morgan fingerprint density at radius 2 is 1.57 bits per heavy atom. The Bertz CT molecular complexity index is 421. The minimum Gasteiger partial charge on any atom is -0.310 e. The Labute approximate surface area is 125 Å². The summed E-state index contributed by atoms with van der Waals surface area (Å²) in [5.41, 5.74) is 0.226. The number of unbranched alkanes of at least 4 members (excludes halogenated alkanes) is 5. The van der Waals surface area contributed by atoms with Crippen molar-refractivity contribution in [1.29, 1.82) is 0 Å². The molecule has 1 atom stereocenters. The summed E-state index contributed by atoms with van der Waals surface area (Å²) in [5, 5.41) is 3.16. The van der Waals surface area contributed by atoms with Crippen LogP contribution in [0.2, 0.25) is 0 Å². The smallest absolute Gasteiger partial charge is 0.194 e. The van der Waals surface area contributed by atoms with Crippen LogP contribution in [0, 0.1) is 17.5 Å². The molecule has 0 spiro atoms. The lowest BCUT2D eigenvalue weighted by atomic mass is 9.98. The Balaban J connectivity index is 2.59. The molecule has 0 saturated heterocycles. The first-order valence-corrected chi connectivity index (χ1v) is 7.98. The number of halogens is 3. The van der Waals surface area contributed by atoms with Gasteiger partial charge in [0, 0.05) is 11.6 Å². The molecular weight excluding hydrogens is 275 g/mol. The molecule has 1 N–H and O–H groups in total. The van der Waals surface area contributed by atoms with Crippen LogP contribution < -0.4 is 5.32 Å². The number of rotatable bonds is 10.